The molecule has 246 valence electrons. The number of carboxylic acids is 1. The van der Waals surface area contributed by atoms with E-state index in [-0.39, 0.29) is 40.2 Å². The van der Waals surface area contributed by atoms with E-state index >= 15 is 4.39 Å². The molecule has 0 bridgehead atoms. The molecule has 3 amide bonds. The molecule has 3 aromatic carbocycles. The van der Waals surface area contributed by atoms with Crippen LogP contribution in [0.15, 0.2) is 67.0 Å². The fraction of sp³-hybridized carbons (Fsp3) is 0.265. The van der Waals surface area contributed by atoms with Gasteiger partial charge in [0.2, 0.25) is 11.8 Å². The van der Waals surface area contributed by atoms with Crippen molar-refractivity contribution in [3.05, 3.63) is 106 Å². The molecule has 1 atom stereocenters. The summed E-state index contributed by atoms with van der Waals surface area (Å²) in [6.07, 6.45) is 5.81. The molecule has 4 aromatic rings. The monoisotopic (exact) mass is 671 g/mol. The second-order valence-corrected chi connectivity index (χ2v) is 12.0. The zero-order valence-electron chi connectivity index (χ0n) is 25.8. The molecule has 0 radical (unpaired) electrons. The molecule has 0 spiro atoms. The van der Waals surface area contributed by atoms with E-state index in [1.165, 1.54) is 64.5 Å². The Hall–Kier alpha value is -5.43. The van der Waals surface area contributed by atoms with Crippen LogP contribution in [0, 0.1) is 5.82 Å². The molecule has 2 N–H and O–H groups in total. The summed E-state index contributed by atoms with van der Waals surface area (Å²) in [6, 6.07) is 13.3. The van der Waals surface area contributed by atoms with Crippen molar-refractivity contribution < 1.29 is 28.7 Å². The van der Waals surface area contributed by atoms with Crippen molar-refractivity contribution in [1.29, 1.82) is 0 Å². The largest absolute Gasteiger partial charge is 0.478 e. The van der Waals surface area contributed by atoms with Gasteiger partial charge in [0.05, 0.1) is 16.3 Å². The number of nitrogens with zero attached hydrogens (tertiary/aromatic N) is 6. The molecule has 1 aromatic heterocycles. The van der Waals surface area contributed by atoms with Gasteiger partial charge in [0.25, 0.3) is 5.91 Å². The summed E-state index contributed by atoms with van der Waals surface area (Å²) in [5.41, 5.74) is 3.41. The topological polar surface area (TPSA) is 151 Å². The number of likely N-dealkylation sites (tertiary alicyclic amines) is 1. The van der Waals surface area contributed by atoms with E-state index < -0.39 is 29.6 Å². The average Bonchev–Trinajstić information content (AvgIpc) is 3.63. The van der Waals surface area contributed by atoms with Crippen LogP contribution in [0.25, 0.3) is 11.8 Å². The first kappa shape index (κ1) is 32.5. The molecular formula is C34H31ClFN7O5. The highest BCUT2D eigenvalue weighted by atomic mass is 35.5. The lowest BCUT2D eigenvalue weighted by Gasteiger charge is -2.39. The molecule has 1 fully saturated rings. The minimum absolute atomic E-state index is 0.0146. The van der Waals surface area contributed by atoms with E-state index in [0.29, 0.717) is 30.8 Å². The van der Waals surface area contributed by atoms with Gasteiger partial charge in [-0.3, -0.25) is 14.4 Å². The zero-order valence-corrected chi connectivity index (χ0v) is 26.6. The van der Waals surface area contributed by atoms with E-state index in [0.717, 1.165) is 24.0 Å². The molecule has 2 aliphatic heterocycles. The van der Waals surface area contributed by atoms with Crippen LogP contribution >= 0.6 is 11.6 Å². The number of hydrogen-bond donors (Lipinski definition) is 2. The Morgan fingerprint density at radius 3 is 2.40 bits per heavy atom. The number of nitrogens with one attached hydrogen (secondary N) is 1. The number of piperidine rings is 1. The minimum Gasteiger partial charge on any atom is -0.478 e. The molecule has 0 aliphatic carbocycles. The lowest BCUT2D eigenvalue weighted by atomic mass is 9.80. The number of aromatic carboxylic acids is 1. The van der Waals surface area contributed by atoms with Gasteiger partial charge in [-0.25, -0.2) is 9.18 Å². The van der Waals surface area contributed by atoms with Crippen LogP contribution in [0.1, 0.15) is 64.3 Å². The zero-order chi connectivity index (χ0) is 33.9. The van der Waals surface area contributed by atoms with Gasteiger partial charge in [-0.2, -0.15) is 4.68 Å². The van der Waals surface area contributed by atoms with Crippen molar-refractivity contribution in [1.82, 2.24) is 30.0 Å². The number of hydrogen-bond acceptors (Lipinski definition) is 7. The fourth-order valence-corrected chi connectivity index (χ4v) is 6.61. The molecule has 1 saturated heterocycles. The van der Waals surface area contributed by atoms with Gasteiger partial charge in [-0.05, 0) is 94.8 Å². The van der Waals surface area contributed by atoms with Gasteiger partial charge < -0.3 is 20.2 Å². The number of amides is 3. The van der Waals surface area contributed by atoms with E-state index in [1.54, 1.807) is 6.92 Å². The maximum atomic E-state index is 15.2. The van der Waals surface area contributed by atoms with Gasteiger partial charge in [-0.1, -0.05) is 29.8 Å². The smallest absolute Gasteiger partial charge is 0.335 e. The summed E-state index contributed by atoms with van der Waals surface area (Å²) >= 11 is 6.07. The predicted octanol–water partition coefficient (Wildman–Crippen LogP) is 4.66. The van der Waals surface area contributed by atoms with Crippen LogP contribution in [-0.2, 0) is 20.8 Å². The van der Waals surface area contributed by atoms with E-state index in [1.807, 2.05) is 23.1 Å². The number of carboxylic acid groups (broad SMARTS) is 1. The van der Waals surface area contributed by atoms with E-state index in [9.17, 15) is 24.3 Å². The summed E-state index contributed by atoms with van der Waals surface area (Å²) < 4.78 is 16.5. The summed E-state index contributed by atoms with van der Waals surface area (Å²) in [7, 11) is 0. The van der Waals surface area contributed by atoms with Crippen LogP contribution in [0.4, 0.5) is 10.1 Å². The first-order valence-corrected chi connectivity index (χ1v) is 15.7. The fourth-order valence-electron chi connectivity index (χ4n) is 6.45. The average molecular weight is 672 g/mol. The molecule has 1 unspecified atom stereocenters. The van der Waals surface area contributed by atoms with Gasteiger partial charge in [0.1, 0.15) is 12.4 Å². The summed E-state index contributed by atoms with van der Waals surface area (Å²) in [5.74, 6) is -2.67. The maximum absolute atomic E-state index is 15.2. The Morgan fingerprint density at radius 2 is 1.73 bits per heavy atom. The number of carbonyl (C=O) groups is 4. The molecule has 3 heterocycles. The Morgan fingerprint density at radius 1 is 1.00 bits per heavy atom. The van der Waals surface area contributed by atoms with Crippen LogP contribution in [0.2, 0.25) is 5.02 Å². The number of carbonyl (C=O) groups excluding carboxylic acids is 3. The first-order valence-electron chi connectivity index (χ1n) is 15.3. The SMILES string of the molecule is CC(=O)N1CCC(c2cccc3c2CCN(C(=O)/C=C/c2c(-n4cnnn4)ccc(Cl)c2F)C3C(=O)Nc2ccc(C(=O)O)cc2)CC1. The number of benzene rings is 3. The number of halogens is 2. The lowest BCUT2D eigenvalue weighted by molar-refractivity contribution is -0.135. The highest BCUT2D eigenvalue weighted by Gasteiger charge is 2.37. The van der Waals surface area contributed by atoms with Crippen molar-refractivity contribution in [3.63, 3.8) is 0 Å². The number of aromatic nitrogens is 4. The number of rotatable bonds is 7. The standard InChI is InChI=1S/C34H31ClFN7O5/c1-20(44)41-16-13-21(14-17-41)24-3-2-4-26-25(24)15-18-42(32(26)33(46)38-23-7-5-22(6-8-23)34(47)48)30(45)12-9-27-29(43-19-37-39-40-43)11-10-28(35)31(27)36/h2-12,19,21,32H,13-18H2,1H3,(H,38,46)(H,47,48)/b12-9+. The van der Waals surface area contributed by atoms with Gasteiger partial charge >= 0.3 is 5.97 Å². The van der Waals surface area contributed by atoms with E-state index in [4.69, 9.17) is 11.6 Å². The van der Waals surface area contributed by atoms with Crippen LogP contribution in [0.3, 0.4) is 0 Å². The lowest BCUT2D eigenvalue weighted by Crippen LogP contribution is -2.45. The van der Waals surface area contributed by atoms with Crippen LogP contribution in [0.5, 0.6) is 0 Å². The van der Waals surface area contributed by atoms with Crippen molar-refractivity contribution in [3.8, 4) is 5.69 Å². The number of tetrazole rings is 1. The highest BCUT2D eigenvalue weighted by Crippen LogP contribution is 2.39. The van der Waals surface area contributed by atoms with Gasteiger partial charge in [-0.15, -0.1) is 5.10 Å². The molecule has 6 rings (SSSR count). The van der Waals surface area contributed by atoms with Crippen molar-refractivity contribution in [2.45, 2.75) is 38.1 Å². The Labute approximate surface area is 279 Å². The second-order valence-electron chi connectivity index (χ2n) is 11.6. The van der Waals surface area contributed by atoms with Crippen LogP contribution in [-0.4, -0.2) is 78.4 Å². The van der Waals surface area contributed by atoms with Gasteiger partial charge in [0, 0.05) is 43.9 Å². The first-order chi connectivity index (χ1) is 23.1. The third kappa shape index (κ3) is 6.54. The normalized spacial score (nSPS) is 16.5. The molecule has 12 nitrogen and oxygen atoms in total. The maximum Gasteiger partial charge on any atom is 0.335 e. The highest BCUT2D eigenvalue weighted by molar-refractivity contribution is 6.31. The van der Waals surface area contributed by atoms with E-state index in [2.05, 4.69) is 20.8 Å². The molecule has 0 saturated carbocycles. The molecule has 48 heavy (non-hydrogen) atoms. The van der Waals surface area contributed by atoms with Crippen molar-refractivity contribution in [2.75, 3.05) is 25.0 Å². The Balaban J connectivity index is 1.34. The van der Waals surface area contributed by atoms with Crippen LogP contribution < -0.4 is 5.32 Å². The van der Waals surface area contributed by atoms with Crippen molar-refractivity contribution in [2.24, 2.45) is 0 Å². The van der Waals surface area contributed by atoms with Gasteiger partial charge in [0.15, 0.2) is 5.82 Å². The molecule has 2 aliphatic rings. The Kier molecular flexibility index (Phi) is 9.30. The Bertz CT molecular complexity index is 1910. The third-order valence-corrected chi connectivity index (χ3v) is 9.16. The summed E-state index contributed by atoms with van der Waals surface area (Å²) in [4.78, 5) is 54.5. The quantitative estimate of drug-likeness (QED) is 0.270. The molecular weight excluding hydrogens is 641 g/mol. The van der Waals surface area contributed by atoms with Crippen molar-refractivity contribution >= 4 is 47.1 Å². The number of fused-ring (bicyclic) bond motifs is 1. The molecule has 14 heteroatoms. The summed E-state index contributed by atoms with van der Waals surface area (Å²) in [6.45, 7) is 3.05. The number of anilines is 1. The predicted molar refractivity (Wildman–Crippen MR) is 174 cm³/mol. The minimum atomic E-state index is -1.10. The second kappa shape index (κ2) is 13.7. The summed E-state index contributed by atoms with van der Waals surface area (Å²) in [5, 5.41) is 23.0. The third-order valence-electron chi connectivity index (χ3n) is 8.87.